The van der Waals surface area contributed by atoms with E-state index in [1.54, 1.807) is 0 Å². The second-order valence-corrected chi connectivity index (χ2v) is 19.1. The Kier molecular flexibility index (Phi) is 7.93. The highest BCUT2D eigenvalue weighted by Gasteiger charge is 2.45. The first kappa shape index (κ1) is 36.4. The molecule has 8 aromatic carbocycles. The zero-order valence-electron chi connectivity index (χ0n) is 35.7. The van der Waals surface area contributed by atoms with E-state index in [0.29, 0.717) is 0 Å². The average molecular weight is 786 g/mol. The van der Waals surface area contributed by atoms with Crippen LogP contribution in [0.1, 0.15) is 93.2 Å². The van der Waals surface area contributed by atoms with Gasteiger partial charge < -0.3 is 4.90 Å². The summed E-state index contributed by atoms with van der Waals surface area (Å²) in [4.78, 5) is 2.59. The second-order valence-electron chi connectivity index (χ2n) is 19.1. The first-order valence-electron chi connectivity index (χ1n) is 22.5. The summed E-state index contributed by atoms with van der Waals surface area (Å²) in [6.07, 6.45) is 6.28. The molecule has 0 saturated heterocycles. The lowest BCUT2D eigenvalue weighted by Gasteiger charge is -2.36. The van der Waals surface area contributed by atoms with Gasteiger partial charge in [0.2, 0.25) is 0 Å². The molecular weight excluding hydrogens is 735 g/mol. The maximum Gasteiger partial charge on any atom is 0.0543 e. The molecule has 0 bridgehead atoms. The van der Waals surface area contributed by atoms with Crippen LogP contribution in [0.4, 0.5) is 17.1 Å². The normalized spacial score (nSPS) is 16.6. The maximum atomic E-state index is 2.59. The van der Waals surface area contributed by atoms with Crippen LogP contribution in [0.5, 0.6) is 0 Å². The zero-order chi connectivity index (χ0) is 41.1. The third kappa shape index (κ3) is 5.07. The van der Waals surface area contributed by atoms with Gasteiger partial charge in [0.25, 0.3) is 0 Å². The van der Waals surface area contributed by atoms with Crippen molar-refractivity contribution in [2.45, 2.75) is 76.0 Å². The van der Waals surface area contributed by atoms with Crippen molar-refractivity contribution in [3.8, 4) is 55.6 Å². The SMILES string of the molecule is CC1(C)c2ccccc2-c2c(-c3ccccc3N(c3ccc(-c4cccc5c4C(C)(C)c4ccccc4-5)cc3)c3cccc4c3-c3ccccc3C43CCCCC3)cccc21. The monoisotopic (exact) mass is 785 g/mol. The van der Waals surface area contributed by atoms with E-state index in [-0.39, 0.29) is 16.2 Å². The molecule has 8 aromatic rings. The number of para-hydroxylation sites is 1. The van der Waals surface area contributed by atoms with Gasteiger partial charge in [0.15, 0.2) is 0 Å². The zero-order valence-corrected chi connectivity index (χ0v) is 35.7. The van der Waals surface area contributed by atoms with Gasteiger partial charge in [-0.1, -0.05) is 199 Å². The Morgan fingerprint density at radius 2 is 0.852 bits per heavy atom. The third-order valence-electron chi connectivity index (χ3n) is 15.3. The average Bonchev–Trinajstić information content (AvgIpc) is 3.82. The Bertz CT molecular complexity index is 3060. The van der Waals surface area contributed by atoms with Crippen LogP contribution in [-0.2, 0) is 16.2 Å². The highest BCUT2D eigenvalue weighted by atomic mass is 15.1. The van der Waals surface area contributed by atoms with Gasteiger partial charge >= 0.3 is 0 Å². The van der Waals surface area contributed by atoms with Crippen LogP contribution in [0.25, 0.3) is 55.6 Å². The molecule has 1 spiro atoms. The number of fused-ring (bicyclic) bond motifs is 11. The van der Waals surface area contributed by atoms with Crippen molar-refractivity contribution in [1.82, 2.24) is 0 Å². The van der Waals surface area contributed by atoms with Crippen LogP contribution in [-0.4, -0.2) is 0 Å². The molecule has 0 amide bonds. The lowest BCUT2D eigenvalue weighted by atomic mass is 9.68. The molecule has 0 aromatic heterocycles. The van der Waals surface area contributed by atoms with Gasteiger partial charge in [0, 0.05) is 33.1 Å². The minimum atomic E-state index is -0.0949. The van der Waals surface area contributed by atoms with Crippen molar-refractivity contribution in [2.75, 3.05) is 4.90 Å². The number of anilines is 3. The van der Waals surface area contributed by atoms with Crippen LogP contribution in [0.2, 0.25) is 0 Å². The molecule has 61 heavy (non-hydrogen) atoms. The summed E-state index contributed by atoms with van der Waals surface area (Å²) in [6.45, 7) is 9.55. The second kappa shape index (κ2) is 13.3. The van der Waals surface area contributed by atoms with Crippen molar-refractivity contribution in [2.24, 2.45) is 0 Å². The molecule has 0 heterocycles. The van der Waals surface area contributed by atoms with E-state index >= 15 is 0 Å². The summed E-state index contributed by atoms with van der Waals surface area (Å²) in [5, 5.41) is 0. The number of rotatable bonds is 5. The molecule has 1 nitrogen and oxygen atoms in total. The molecule has 296 valence electrons. The fourth-order valence-electron chi connectivity index (χ4n) is 12.5. The molecule has 0 N–H and O–H groups in total. The van der Waals surface area contributed by atoms with Crippen LogP contribution in [0.3, 0.4) is 0 Å². The van der Waals surface area contributed by atoms with Crippen molar-refractivity contribution >= 4 is 17.1 Å². The van der Waals surface area contributed by atoms with Crippen molar-refractivity contribution in [3.05, 3.63) is 209 Å². The smallest absolute Gasteiger partial charge is 0.0543 e. The molecule has 4 aliphatic rings. The highest BCUT2D eigenvalue weighted by Crippen LogP contribution is 2.60. The molecule has 1 saturated carbocycles. The van der Waals surface area contributed by atoms with Gasteiger partial charge in [-0.15, -0.1) is 0 Å². The summed E-state index contributed by atoms with van der Waals surface area (Å²) in [6, 6.07) is 67.1. The Balaban J connectivity index is 1.09. The van der Waals surface area contributed by atoms with E-state index in [1.807, 2.05) is 0 Å². The highest BCUT2D eigenvalue weighted by molar-refractivity contribution is 6.01. The summed E-state index contributed by atoms with van der Waals surface area (Å²) < 4.78 is 0. The number of benzene rings is 8. The summed E-state index contributed by atoms with van der Waals surface area (Å²) in [7, 11) is 0. The molecule has 0 atom stereocenters. The fraction of sp³-hybridized carbons (Fsp3) is 0.200. The quantitative estimate of drug-likeness (QED) is 0.168. The Labute approximate surface area is 361 Å². The molecule has 1 heteroatoms. The Morgan fingerprint density at radius 1 is 0.344 bits per heavy atom. The van der Waals surface area contributed by atoms with Gasteiger partial charge in [0.05, 0.1) is 11.4 Å². The summed E-state index contributed by atoms with van der Waals surface area (Å²) >= 11 is 0. The standard InChI is InChI=1S/C60H51N/c1-58(2)49-27-11-7-21-46(49)55-44(24-17-29-51(55)58)43-20-9-13-31-53(43)61(54-32-18-30-52-56(54)47-22-8-12-28-50(47)60(52)37-14-5-15-38-60)40-35-33-39(34-36-40)41-23-16-25-45-42-19-6-10-26-48(42)59(3,4)57(41)45/h6-13,16-36H,5,14-15,37-38H2,1-4H3. The molecule has 12 rings (SSSR count). The lowest BCUT2D eigenvalue weighted by molar-refractivity contribution is 0.353. The van der Waals surface area contributed by atoms with Crippen LogP contribution < -0.4 is 4.90 Å². The Hall–Kier alpha value is -6.44. The van der Waals surface area contributed by atoms with Crippen LogP contribution in [0.15, 0.2) is 176 Å². The fourth-order valence-corrected chi connectivity index (χ4v) is 12.5. The third-order valence-corrected chi connectivity index (χ3v) is 15.3. The largest absolute Gasteiger partial charge is 0.309 e. The molecule has 0 unspecified atom stereocenters. The van der Waals surface area contributed by atoms with E-state index in [1.165, 1.54) is 132 Å². The van der Waals surface area contributed by atoms with E-state index in [9.17, 15) is 0 Å². The minimum absolute atomic E-state index is 0.0584. The number of nitrogens with zero attached hydrogens (tertiary/aromatic N) is 1. The topological polar surface area (TPSA) is 3.24 Å². The van der Waals surface area contributed by atoms with Gasteiger partial charge in [-0.2, -0.15) is 0 Å². The summed E-state index contributed by atoms with van der Waals surface area (Å²) in [5.41, 5.74) is 25.4. The maximum absolute atomic E-state index is 2.59. The van der Waals surface area contributed by atoms with E-state index < -0.39 is 0 Å². The lowest BCUT2D eigenvalue weighted by Crippen LogP contribution is -2.28. The van der Waals surface area contributed by atoms with Crippen molar-refractivity contribution in [3.63, 3.8) is 0 Å². The first-order valence-corrected chi connectivity index (χ1v) is 22.5. The number of hydrogen-bond acceptors (Lipinski definition) is 1. The van der Waals surface area contributed by atoms with Gasteiger partial charge in [-0.3, -0.25) is 0 Å². The first-order chi connectivity index (χ1) is 29.8. The van der Waals surface area contributed by atoms with Crippen molar-refractivity contribution in [1.29, 1.82) is 0 Å². The van der Waals surface area contributed by atoms with Gasteiger partial charge in [-0.05, 0) is 115 Å². The predicted molar refractivity (Wildman–Crippen MR) is 256 cm³/mol. The minimum Gasteiger partial charge on any atom is -0.309 e. The van der Waals surface area contributed by atoms with E-state index in [4.69, 9.17) is 0 Å². The predicted octanol–water partition coefficient (Wildman–Crippen LogP) is 16.3. The molecular formula is C60H51N. The van der Waals surface area contributed by atoms with E-state index in [0.717, 1.165) is 5.69 Å². The van der Waals surface area contributed by atoms with Crippen LogP contribution >= 0.6 is 0 Å². The van der Waals surface area contributed by atoms with Gasteiger partial charge in [-0.25, -0.2) is 0 Å². The van der Waals surface area contributed by atoms with Crippen LogP contribution in [0, 0.1) is 0 Å². The molecule has 0 radical (unpaired) electrons. The Morgan fingerprint density at radius 3 is 1.61 bits per heavy atom. The van der Waals surface area contributed by atoms with Crippen molar-refractivity contribution < 1.29 is 0 Å². The molecule has 1 fully saturated rings. The summed E-state index contributed by atoms with van der Waals surface area (Å²) in [5.74, 6) is 0. The van der Waals surface area contributed by atoms with Gasteiger partial charge in [0.1, 0.15) is 0 Å². The molecule has 4 aliphatic carbocycles. The van der Waals surface area contributed by atoms with E-state index in [2.05, 4.69) is 209 Å². The number of hydrogen-bond donors (Lipinski definition) is 0. The molecule has 0 aliphatic heterocycles.